The minimum Gasteiger partial charge on any atom is -0.494 e. The Morgan fingerprint density at radius 1 is 1.10 bits per heavy atom. The summed E-state index contributed by atoms with van der Waals surface area (Å²) in [6, 6.07) is 1.62. The van der Waals surface area contributed by atoms with Crippen LogP contribution in [0, 0.1) is 23.6 Å². The third kappa shape index (κ3) is 8.34. The molecule has 2 saturated carbocycles. The van der Waals surface area contributed by atoms with E-state index in [1.807, 2.05) is 26.1 Å². The SMILES string of the molecule is CC[C@@H]1C[C@H](C)CC/C=C\[C@@H]2C[C@@]2(C(=O)NS(=O)(=O)C2(C)CC2)NC(=O)[C@@H]2C[C@@H](Oc3ncc(OC)c4ccc(F)cc34)CN2C(=O)[C@H]1NC(=O)N1CCN(C)CC1. The van der Waals surface area contributed by atoms with Gasteiger partial charge in [0.15, 0.2) is 0 Å². The lowest BCUT2D eigenvalue weighted by atomic mass is 9.85. The highest BCUT2D eigenvalue weighted by molar-refractivity contribution is 7.91. The van der Waals surface area contributed by atoms with E-state index in [0.717, 1.165) is 6.42 Å². The van der Waals surface area contributed by atoms with Crippen LogP contribution in [0.4, 0.5) is 9.18 Å². The molecular formula is C41H56FN7O8S. The van der Waals surface area contributed by atoms with E-state index >= 15 is 4.79 Å². The lowest BCUT2D eigenvalue weighted by Crippen LogP contribution is -2.61. The molecule has 15 nitrogen and oxygen atoms in total. The molecule has 1 aromatic carbocycles. The maximum Gasteiger partial charge on any atom is 0.318 e. The Morgan fingerprint density at radius 3 is 2.53 bits per heavy atom. The molecule has 1 aromatic heterocycles. The van der Waals surface area contributed by atoms with Crippen molar-refractivity contribution < 1.29 is 41.5 Å². The number of aromatic nitrogens is 1. The highest BCUT2D eigenvalue weighted by atomic mass is 32.2. The number of allylic oxidation sites excluding steroid dienone is 1. The van der Waals surface area contributed by atoms with Crippen LogP contribution in [0.25, 0.3) is 10.8 Å². The molecule has 7 atom stereocenters. The number of halogens is 1. The average Bonchev–Trinajstić information content (AvgIpc) is 4.07. The Bertz CT molecular complexity index is 2070. The molecule has 0 bridgehead atoms. The summed E-state index contributed by atoms with van der Waals surface area (Å²) in [5, 5.41) is 6.88. The largest absolute Gasteiger partial charge is 0.494 e. The molecule has 0 radical (unpaired) electrons. The molecule has 3 aliphatic heterocycles. The van der Waals surface area contributed by atoms with Crippen LogP contribution in [0.5, 0.6) is 11.6 Å². The number of piperazine rings is 1. The van der Waals surface area contributed by atoms with Crippen molar-refractivity contribution >= 4 is 44.5 Å². The first kappa shape index (κ1) is 41.6. The summed E-state index contributed by atoms with van der Waals surface area (Å²) in [6.45, 7) is 7.98. The lowest BCUT2D eigenvalue weighted by Gasteiger charge is -2.37. The summed E-state index contributed by atoms with van der Waals surface area (Å²) >= 11 is 0. The van der Waals surface area contributed by atoms with Crippen LogP contribution in [-0.2, 0) is 24.4 Å². The molecule has 2 saturated heterocycles. The van der Waals surface area contributed by atoms with E-state index in [2.05, 4.69) is 32.2 Å². The number of nitrogens with zero attached hydrogens (tertiary/aromatic N) is 4. The van der Waals surface area contributed by atoms with Crippen LogP contribution in [0.15, 0.2) is 36.5 Å². The Balaban J connectivity index is 1.24. The van der Waals surface area contributed by atoms with Crippen molar-refractivity contribution in [1.29, 1.82) is 0 Å². The number of likely N-dealkylation sites (N-methyl/N-ethyl adjacent to an activating group) is 1. The number of fused-ring (bicyclic) bond motifs is 3. The fourth-order valence-electron chi connectivity index (χ4n) is 8.63. The number of hydrogen-bond donors (Lipinski definition) is 3. The van der Waals surface area contributed by atoms with E-state index in [9.17, 15) is 27.2 Å². The van der Waals surface area contributed by atoms with Crippen molar-refractivity contribution in [3.05, 3.63) is 42.4 Å². The van der Waals surface area contributed by atoms with Gasteiger partial charge in [0.25, 0.3) is 5.91 Å². The van der Waals surface area contributed by atoms with Crippen molar-refractivity contribution in [1.82, 2.24) is 35.0 Å². The molecule has 5 amide bonds. The third-order valence-corrected chi connectivity index (χ3v) is 15.1. The fourth-order valence-corrected chi connectivity index (χ4v) is 9.94. The van der Waals surface area contributed by atoms with Crippen molar-refractivity contribution in [2.45, 2.75) is 101 Å². The van der Waals surface area contributed by atoms with Gasteiger partial charge in [-0.15, -0.1) is 0 Å². The van der Waals surface area contributed by atoms with E-state index < -0.39 is 68.0 Å². The Morgan fingerprint density at radius 2 is 1.84 bits per heavy atom. The zero-order valence-corrected chi connectivity index (χ0v) is 34.8. The van der Waals surface area contributed by atoms with Gasteiger partial charge in [-0.05, 0) is 82.5 Å². The second-order valence-corrected chi connectivity index (χ2v) is 19.4. The molecule has 58 heavy (non-hydrogen) atoms. The highest BCUT2D eigenvalue weighted by Gasteiger charge is 2.63. The molecule has 4 fully saturated rings. The third-order valence-electron chi connectivity index (χ3n) is 13.0. The van der Waals surface area contributed by atoms with Gasteiger partial charge in [-0.25, -0.2) is 22.6 Å². The van der Waals surface area contributed by atoms with Gasteiger partial charge < -0.3 is 34.8 Å². The maximum atomic E-state index is 15.1. The molecule has 7 rings (SSSR count). The van der Waals surface area contributed by atoms with Crippen LogP contribution in [0.3, 0.4) is 0 Å². The normalized spacial score (nSPS) is 30.9. The van der Waals surface area contributed by atoms with E-state index in [-0.39, 0.29) is 43.1 Å². The van der Waals surface area contributed by atoms with E-state index in [1.165, 1.54) is 30.3 Å². The number of methoxy groups -OCH3 is 1. The van der Waals surface area contributed by atoms with Crippen molar-refractivity contribution in [3.63, 3.8) is 0 Å². The zero-order chi connectivity index (χ0) is 41.6. The number of carbonyl (C=O) groups is 4. The van der Waals surface area contributed by atoms with Gasteiger partial charge in [-0.2, -0.15) is 0 Å². The van der Waals surface area contributed by atoms with Crippen molar-refractivity contribution in [2.75, 3.05) is 46.9 Å². The number of benzene rings is 1. The first-order valence-corrected chi connectivity index (χ1v) is 21.9. The first-order valence-electron chi connectivity index (χ1n) is 20.5. The minimum absolute atomic E-state index is 0.0248. The standard InChI is InChI=1S/C41H56FN7O8S/c1-6-26-19-25(2)9-7-8-10-27-22-41(27,38(52)46-58(54,55)40(3)13-14-40)45-35(50)32-21-29(57-36-31-20-28(42)11-12-30(31)33(56-5)23-43-36)24-49(32)37(51)34(26)44-39(53)48-17-15-47(4)16-18-48/h8,10-12,20,23,25-27,29,32,34H,6-7,9,13-19,21-22,24H2,1-5H3,(H,44,53)(H,45,50)(H,46,52)/b10-8-/t25-,26-,27-,29-,32+,34+,41-/m1/s1. The molecule has 4 heterocycles. The summed E-state index contributed by atoms with van der Waals surface area (Å²) in [5.41, 5.74) is -1.56. The van der Waals surface area contributed by atoms with Gasteiger partial charge >= 0.3 is 6.03 Å². The Labute approximate surface area is 339 Å². The molecular weight excluding hydrogens is 770 g/mol. The van der Waals surface area contributed by atoms with Gasteiger partial charge in [0.2, 0.25) is 27.7 Å². The second-order valence-electron chi connectivity index (χ2n) is 17.2. The van der Waals surface area contributed by atoms with Gasteiger partial charge in [0.05, 0.1) is 30.0 Å². The van der Waals surface area contributed by atoms with Gasteiger partial charge in [-0.3, -0.25) is 19.1 Å². The zero-order valence-electron chi connectivity index (χ0n) is 34.0. The van der Waals surface area contributed by atoms with Crippen molar-refractivity contribution in [2.24, 2.45) is 17.8 Å². The van der Waals surface area contributed by atoms with E-state index in [4.69, 9.17) is 9.47 Å². The molecule has 316 valence electrons. The summed E-state index contributed by atoms with van der Waals surface area (Å²) < 4.78 is 54.2. The Kier molecular flexibility index (Phi) is 11.7. The smallest absolute Gasteiger partial charge is 0.318 e. The Hall–Kier alpha value is -4.51. The van der Waals surface area contributed by atoms with E-state index in [1.54, 1.807) is 17.9 Å². The fraction of sp³-hybridized carbons (Fsp3) is 0.634. The quantitative estimate of drug-likeness (QED) is 0.335. The topological polar surface area (TPSA) is 180 Å². The second kappa shape index (κ2) is 16.3. The number of pyridine rings is 1. The number of urea groups is 1. The number of sulfonamides is 1. The van der Waals surface area contributed by atoms with Crippen LogP contribution < -0.4 is 24.8 Å². The summed E-state index contributed by atoms with van der Waals surface area (Å²) in [6.07, 6.45) is 8.15. The summed E-state index contributed by atoms with van der Waals surface area (Å²) in [4.78, 5) is 67.3. The molecule has 0 spiro atoms. The molecule has 2 aromatic rings. The first-order chi connectivity index (χ1) is 27.6. The number of hydrogen-bond acceptors (Lipinski definition) is 10. The van der Waals surface area contributed by atoms with Crippen molar-refractivity contribution in [3.8, 4) is 11.6 Å². The molecule has 5 aliphatic rings. The van der Waals surface area contributed by atoms with Crippen LogP contribution in [0.2, 0.25) is 0 Å². The summed E-state index contributed by atoms with van der Waals surface area (Å²) in [5.74, 6) is -2.55. The van der Waals surface area contributed by atoms with Gasteiger partial charge in [0, 0.05) is 43.9 Å². The molecule has 17 heteroatoms. The van der Waals surface area contributed by atoms with Crippen LogP contribution in [-0.4, -0.2) is 127 Å². The number of carbonyl (C=O) groups excluding carboxylic acids is 4. The monoisotopic (exact) mass is 825 g/mol. The van der Waals surface area contributed by atoms with Crippen LogP contribution in [0.1, 0.15) is 72.1 Å². The number of nitrogens with one attached hydrogen (secondary N) is 3. The van der Waals surface area contributed by atoms with Gasteiger partial charge in [-0.1, -0.05) is 32.4 Å². The predicted octanol–water partition coefficient (Wildman–Crippen LogP) is 3.33. The minimum atomic E-state index is -4.02. The number of ether oxygens (including phenoxy) is 2. The average molecular weight is 826 g/mol. The molecule has 3 N–H and O–H groups in total. The number of rotatable bonds is 8. The summed E-state index contributed by atoms with van der Waals surface area (Å²) in [7, 11) is -0.555. The maximum absolute atomic E-state index is 15.1. The lowest BCUT2D eigenvalue weighted by molar-refractivity contribution is -0.142. The molecule has 2 aliphatic carbocycles. The predicted molar refractivity (Wildman–Crippen MR) is 214 cm³/mol. The van der Waals surface area contributed by atoms with Crippen LogP contribution >= 0.6 is 0 Å². The number of amides is 5. The highest BCUT2D eigenvalue weighted by Crippen LogP contribution is 2.48. The molecule has 0 unspecified atom stereocenters. The van der Waals surface area contributed by atoms with E-state index in [0.29, 0.717) is 74.8 Å². The van der Waals surface area contributed by atoms with Gasteiger partial charge in [0.1, 0.15) is 35.3 Å².